The minimum absolute atomic E-state index is 0.0110. The first kappa shape index (κ1) is 12.5. The van der Waals surface area contributed by atoms with Crippen LogP contribution in [0.2, 0.25) is 0 Å². The Morgan fingerprint density at radius 3 is 3.00 bits per heavy atom. The number of aliphatic hydroxyl groups excluding tert-OH is 1. The van der Waals surface area contributed by atoms with Gasteiger partial charge in [-0.25, -0.2) is 0 Å². The molecule has 0 aromatic heterocycles. The van der Waals surface area contributed by atoms with Crippen LogP contribution in [0.3, 0.4) is 0 Å². The van der Waals surface area contributed by atoms with Crippen molar-refractivity contribution in [1.82, 2.24) is 4.90 Å². The molecule has 5 rings (SSSR count). The maximum Gasteiger partial charge on any atom is 0.231 e. The van der Waals surface area contributed by atoms with Crippen molar-refractivity contribution in [2.45, 2.75) is 18.6 Å². The lowest BCUT2D eigenvalue weighted by atomic mass is 9.75. The smallest absolute Gasteiger partial charge is 0.231 e. The van der Waals surface area contributed by atoms with Crippen LogP contribution in [0.15, 0.2) is 30.3 Å². The molecule has 2 aliphatic heterocycles. The number of fused-ring (bicyclic) bond motifs is 4. The molecule has 0 amide bonds. The molecule has 2 atom stereocenters. The molecule has 0 unspecified atom stereocenters. The van der Waals surface area contributed by atoms with Gasteiger partial charge in [-0.05, 0) is 41.8 Å². The fraction of sp³-hybridized carbons (Fsp3) is 0.333. The minimum Gasteiger partial charge on any atom is -0.454 e. The van der Waals surface area contributed by atoms with Crippen LogP contribution in [0.1, 0.15) is 28.8 Å². The molecule has 1 aliphatic carbocycles. The first-order valence-corrected chi connectivity index (χ1v) is 7.68. The van der Waals surface area contributed by atoms with E-state index in [0.29, 0.717) is 0 Å². The van der Waals surface area contributed by atoms with Gasteiger partial charge in [-0.2, -0.15) is 0 Å². The highest BCUT2D eigenvalue weighted by molar-refractivity contribution is 5.84. The molecule has 0 spiro atoms. The van der Waals surface area contributed by atoms with Crippen LogP contribution in [0, 0.1) is 0 Å². The molecule has 0 saturated heterocycles. The van der Waals surface area contributed by atoms with E-state index in [4.69, 9.17) is 9.47 Å². The lowest BCUT2D eigenvalue weighted by Gasteiger charge is -2.42. The molecule has 4 heteroatoms. The van der Waals surface area contributed by atoms with Gasteiger partial charge in [-0.1, -0.05) is 24.3 Å². The molecule has 2 heterocycles. The second kappa shape index (κ2) is 4.24. The van der Waals surface area contributed by atoms with Gasteiger partial charge in [0.25, 0.3) is 0 Å². The first-order chi connectivity index (χ1) is 10.8. The number of aliphatic hydroxyl groups is 1. The maximum absolute atomic E-state index is 10.9. The van der Waals surface area contributed by atoms with Crippen molar-refractivity contribution >= 4 is 0 Å². The summed E-state index contributed by atoms with van der Waals surface area (Å²) in [6, 6.07) is 10.2. The molecule has 22 heavy (non-hydrogen) atoms. The van der Waals surface area contributed by atoms with E-state index in [-0.39, 0.29) is 12.8 Å². The van der Waals surface area contributed by atoms with Crippen molar-refractivity contribution in [2.24, 2.45) is 0 Å². The fourth-order valence-corrected chi connectivity index (χ4v) is 4.13. The van der Waals surface area contributed by atoms with Crippen molar-refractivity contribution in [3.05, 3.63) is 47.0 Å². The molecular weight excluding hydrogens is 278 g/mol. The summed E-state index contributed by atoms with van der Waals surface area (Å²) in [5.41, 5.74) is 5.64. The van der Waals surface area contributed by atoms with Gasteiger partial charge in [0.2, 0.25) is 6.79 Å². The molecule has 4 nitrogen and oxygen atoms in total. The third-order valence-electron chi connectivity index (χ3n) is 5.14. The normalized spacial score (nSPS) is 24.8. The van der Waals surface area contributed by atoms with E-state index >= 15 is 0 Å². The van der Waals surface area contributed by atoms with Crippen LogP contribution in [-0.2, 0) is 6.42 Å². The molecule has 112 valence electrons. The van der Waals surface area contributed by atoms with Crippen molar-refractivity contribution in [3.63, 3.8) is 0 Å². The topological polar surface area (TPSA) is 41.9 Å². The van der Waals surface area contributed by atoms with Crippen molar-refractivity contribution in [1.29, 1.82) is 0 Å². The van der Waals surface area contributed by atoms with Gasteiger partial charge < -0.3 is 14.6 Å². The second-order valence-electron chi connectivity index (χ2n) is 6.27. The summed E-state index contributed by atoms with van der Waals surface area (Å²) in [6.07, 6.45) is 0.467. The number of likely N-dealkylation sites (N-methyl/N-ethyl adjacent to an activating group) is 1. The van der Waals surface area contributed by atoms with Crippen LogP contribution < -0.4 is 9.47 Å². The molecule has 0 radical (unpaired) electrons. The van der Waals surface area contributed by atoms with E-state index in [1.165, 1.54) is 11.1 Å². The van der Waals surface area contributed by atoms with E-state index in [0.717, 1.165) is 41.2 Å². The van der Waals surface area contributed by atoms with Gasteiger partial charge in [-0.15, -0.1) is 0 Å². The molecule has 2 aromatic rings. The Kier molecular flexibility index (Phi) is 2.41. The Labute approximate surface area is 128 Å². The van der Waals surface area contributed by atoms with Gasteiger partial charge >= 0.3 is 0 Å². The second-order valence-corrected chi connectivity index (χ2v) is 6.27. The highest BCUT2D eigenvalue weighted by atomic mass is 16.7. The molecule has 3 aliphatic rings. The zero-order chi connectivity index (χ0) is 14.8. The maximum atomic E-state index is 10.9. The van der Waals surface area contributed by atoms with Crippen molar-refractivity contribution in [3.8, 4) is 22.6 Å². The average Bonchev–Trinajstić information content (AvgIpc) is 3.00. The predicted octanol–water partition coefficient (Wildman–Crippen LogP) is 2.66. The van der Waals surface area contributed by atoms with E-state index in [9.17, 15) is 5.11 Å². The van der Waals surface area contributed by atoms with Gasteiger partial charge in [0.05, 0.1) is 12.1 Å². The fourth-order valence-electron chi connectivity index (χ4n) is 4.13. The summed E-state index contributed by atoms with van der Waals surface area (Å²) in [4.78, 5) is 2.24. The van der Waals surface area contributed by atoms with Crippen LogP contribution in [0.25, 0.3) is 11.1 Å². The Bertz CT molecular complexity index is 786. The Morgan fingerprint density at radius 1 is 1.23 bits per heavy atom. The third kappa shape index (κ3) is 1.44. The number of ether oxygens (including phenoxy) is 2. The number of hydrogen-bond donors (Lipinski definition) is 1. The highest BCUT2D eigenvalue weighted by Crippen LogP contribution is 2.56. The van der Waals surface area contributed by atoms with Crippen LogP contribution in [0.5, 0.6) is 11.5 Å². The van der Waals surface area contributed by atoms with E-state index in [1.807, 2.05) is 18.2 Å². The Morgan fingerprint density at radius 2 is 2.09 bits per heavy atom. The summed E-state index contributed by atoms with van der Waals surface area (Å²) in [5, 5.41) is 10.9. The SMILES string of the molecule is CN1CCc2cc3c(c4c2[C@H]1[C@@H](O)c1ccccc1-4)OCO3. The first-order valence-electron chi connectivity index (χ1n) is 7.68. The summed E-state index contributed by atoms with van der Waals surface area (Å²) in [7, 11) is 2.08. The Hall–Kier alpha value is -2.04. The highest BCUT2D eigenvalue weighted by Gasteiger charge is 2.42. The summed E-state index contributed by atoms with van der Waals surface area (Å²) in [6.45, 7) is 1.21. The summed E-state index contributed by atoms with van der Waals surface area (Å²) >= 11 is 0. The van der Waals surface area contributed by atoms with E-state index < -0.39 is 6.10 Å². The molecule has 2 aromatic carbocycles. The molecule has 0 fully saturated rings. The van der Waals surface area contributed by atoms with Gasteiger partial charge in [0.15, 0.2) is 11.5 Å². The molecular formula is C18H17NO3. The number of nitrogens with zero attached hydrogens (tertiary/aromatic N) is 1. The zero-order valence-electron chi connectivity index (χ0n) is 12.4. The van der Waals surface area contributed by atoms with Crippen molar-refractivity contribution < 1.29 is 14.6 Å². The van der Waals surface area contributed by atoms with Crippen LogP contribution >= 0.6 is 0 Å². The summed E-state index contributed by atoms with van der Waals surface area (Å²) < 4.78 is 11.4. The molecule has 0 saturated carbocycles. The molecule has 1 N–H and O–H groups in total. The zero-order valence-corrected chi connectivity index (χ0v) is 12.4. The minimum atomic E-state index is -0.506. The van der Waals surface area contributed by atoms with E-state index in [2.05, 4.69) is 24.1 Å². The van der Waals surface area contributed by atoms with Gasteiger partial charge in [0.1, 0.15) is 0 Å². The van der Waals surface area contributed by atoms with Crippen molar-refractivity contribution in [2.75, 3.05) is 20.4 Å². The number of hydrogen-bond acceptors (Lipinski definition) is 4. The predicted molar refractivity (Wildman–Crippen MR) is 82.0 cm³/mol. The third-order valence-corrected chi connectivity index (χ3v) is 5.14. The standard InChI is InChI=1S/C18H17NO3/c1-19-7-6-10-8-13-18(22-9-21-13)15-11-4-2-3-5-12(11)17(20)16(19)14(10)15/h2-5,8,16-17,20H,6-7,9H2,1H3/t16-,17-/m0/s1. The van der Waals surface area contributed by atoms with Crippen LogP contribution in [-0.4, -0.2) is 30.4 Å². The quantitative estimate of drug-likeness (QED) is 0.811. The largest absolute Gasteiger partial charge is 0.454 e. The number of benzene rings is 2. The van der Waals surface area contributed by atoms with Gasteiger partial charge in [0, 0.05) is 12.1 Å². The average molecular weight is 295 g/mol. The van der Waals surface area contributed by atoms with E-state index in [1.54, 1.807) is 0 Å². The lowest BCUT2D eigenvalue weighted by Crippen LogP contribution is -2.38. The van der Waals surface area contributed by atoms with Gasteiger partial charge in [-0.3, -0.25) is 4.90 Å². The number of rotatable bonds is 0. The summed E-state index contributed by atoms with van der Waals surface area (Å²) in [5.74, 6) is 1.67. The Balaban J connectivity index is 1.91. The van der Waals surface area contributed by atoms with Crippen LogP contribution in [0.4, 0.5) is 0 Å². The molecule has 0 bridgehead atoms. The lowest BCUT2D eigenvalue weighted by molar-refractivity contribution is 0.0543. The monoisotopic (exact) mass is 295 g/mol.